The molecule has 1 fully saturated rings. The van der Waals surface area contributed by atoms with E-state index in [1.807, 2.05) is 0 Å². The van der Waals surface area contributed by atoms with Crippen molar-refractivity contribution in [2.24, 2.45) is 5.92 Å². The van der Waals surface area contributed by atoms with E-state index in [0.717, 1.165) is 25.7 Å². The number of fused-ring (bicyclic) bond motifs is 1. The maximum Gasteiger partial charge on any atom is 0.0725 e. The molecule has 1 aliphatic carbocycles. The zero-order valence-electron chi connectivity index (χ0n) is 10.5. The van der Waals surface area contributed by atoms with E-state index in [-0.39, 0.29) is 0 Å². The Labute approximate surface area is 103 Å². The van der Waals surface area contributed by atoms with Gasteiger partial charge in [-0.2, -0.15) is 0 Å². The van der Waals surface area contributed by atoms with Crippen molar-refractivity contribution >= 4 is 0 Å². The molecule has 1 aromatic carbocycles. The van der Waals surface area contributed by atoms with Gasteiger partial charge in [0, 0.05) is 6.04 Å². The van der Waals surface area contributed by atoms with Crippen LogP contribution in [-0.4, -0.2) is 6.54 Å². The Hall–Kier alpha value is -0.860. The zero-order valence-corrected chi connectivity index (χ0v) is 10.5. The minimum atomic E-state index is 0.540. The number of nitrogens with one attached hydrogen (secondary N) is 1. The molecule has 2 heteroatoms. The first-order chi connectivity index (χ1) is 8.36. The molecule has 0 aromatic heterocycles. The normalized spacial score (nSPS) is 20.3. The summed E-state index contributed by atoms with van der Waals surface area (Å²) in [5.41, 5.74) is 4.21. The molecule has 0 bridgehead atoms. The van der Waals surface area contributed by atoms with Crippen molar-refractivity contribution in [1.29, 1.82) is 0 Å². The van der Waals surface area contributed by atoms with E-state index in [9.17, 15) is 0 Å². The first-order valence-electron chi connectivity index (χ1n) is 6.79. The Morgan fingerprint density at radius 3 is 2.88 bits per heavy atom. The van der Waals surface area contributed by atoms with Gasteiger partial charge in [0.25, 0.3) is 0 Å². The molecule has 17 heavy (non-hydrogen) atoms. The van der Waals surface area contributed by atoms with Crippen LogP contribution in [0, 0.1) is 5.92 Å². The summed E-state index contributed by atoms with van der Waals surface area (Å²) >= 11 is 0. The van der Waals surface area contributed by atoms with E-state index in [0.29, 0.717) is 6.04 Å². The molecule has 0 radical (unpaired) electrons. The average Bonchev–Trinajstić information content (AvgIpc) is 3.04. The predicted molar refractivity (Wildman–Crippen MR) is 68.7 cm³/mol. The molecule has 1 unspecified atom stereocenters. The lowest BCUT2D eigenvalue weighted by molar-refractivity contribution is 0.134. The molecule has 1 saturated carbocycles. The minimum Gasteiger partial charge on any atom is -0.372 e. The highest BCUT2D eigenvalue weighted by molar-refractivity contribution is 5.34. The minimum absolute atomic E-state index is 0.540. The van der Waals surface area contributed by atoms with Crippen molar-refractivity contribution in [3.63, 3.8) is 0 Å². The van der Waals surface area contributed by atoms with Crippen LogP contribution in [0.4, 0.5) is 0 Å². The lowest BCUT2D eigenvalue weighted by atomic mass is 9.97. The van der Waals surface area contributed by atoms with Gasteiger partial charge < -0.3 is 10.1 Å². The molecular formula is C15H21NO. The van der Waals surface area contributed by atoms with Gasteiger partial charge in [-0.3, -0.25) is 0 Å². The van der Waals surface area contributed by atoms with Gasteiger partial charge in [0.1, 0.15) is 0 Å². The second kappa shape index (κ2) is 4.79. The van der Waals surface area contributed by atoms with Crippen molar-refractivity contribution in [3.8, 4) is 0 Å². The van der Waals surface area contributed by atoms with Gasteiger partial charge in [0.2, 0.25) is 0 Å². The molecule has 1 aliphatic heterocycles. The van der Waals surface area contributed by atoms with Crippen molar-refractivity contribution in [2.45, 2.75) is 45.4 Å². The number of rotatable bonds is 5. The van der Waals surface area contributed by atoms with Crippen LogP contribution in [0.25, 0.3) is 0 Å². The van der Waals surface area contributed by atoms with Gasteiger partial charge in [-0.1, -0.05) is 38.0 Å². The molecule has 2 nitrogen and oxygen atoms in total. The summed E-state index contributed by atoms with van der Waals surface area (Å²) in [7, 11) is 0. The Morgan fingerprint density at radius 2 is 2.12 bits per heavy atom. The first-order valence-corrected chi connectivity index (χ1v) is 6.79. The maximum atomic E-state index is 5.48. The van der Waals surface area contributed by atoms with E-state index in [1.165, 1.54) is 36.0 Å². The van der Waals surface area contributed by atoms with Gasteiger partial charge in [-0.25, -0.2) is 0 Å². The van der Waals surface area contributed by atoms with Crippen LogP contribution in [0.3, 0.4) is 0 Å². The largest absolute Gasteiger partial charge is 0.372 e. The number of ether oxygens (including phenoxy) is 1. The van der Waals surface area contributed by atoms with Crippen LogP contribution in [-0.2, 0) is 18.0 Å². The van der Waals surface area contributed by atoms with E-state index < -0.39 is 0 Å². The van der Waals surface area contributed by atoms with E-state index >= 15 is 0 Å². The molecule has 3 rings (SSSR count). The van der Waals surface area contributed by atoms with Gasteiger partial charge in [-0.15, -0.1) is 0 Å². The summed E-state index contributed by atoms with van der Waals surface area (Å²) in [4.78, 5) is 0. The number of hydrogen-bond donors (Lipinski definition) is 1. The van der Waals surface area contributed by atoms with Gasteiger partial charge in [0.15, 0.2) is 0 Å². The topological polar surface area (TPSA) is 21.3 Å². The Bertz CT molecular complexity index is 398. The molecule has 1 aromatic rings. The van der Waals surface area contributed by atoms with Gasteiger partial charge >= 0.3 is 0 Å². The summed E-state index contributed by atoms with van der Waals surface area (Å²) in [6, 6.07) is 7.41. The highest BCUT2D eigenvalue weighted by Crippen LogP contribution is 2.38. The third kappa shape index (κ3) is 2.53. The van der Waals surface area contributed by atoms with Crippen molar-refractivity contribution < 1.29 is 4.74 Å². The summed E-state index contributed by atoms with van der Waals surface area (Å²) < 4.78 is 5.48. The molecule has 2 aliphatic rings. The molecule has 1 atom stereocenters. The SMILES string of the molecule is CCNC(CC1CC1)c1ccc2c(c1)COC2. The quantitative estimate of drug-likeness (QED) is 0.840. The van der Waals surface area contributed by atoms with Crippen molar-refractivity contribution in [1.82, 2.24) is 5.32 Å². The Balaban J connectivity index is 1.78. The standard InChI is InChI=1S/C15H21NO/c1-2-16-15(7-11-3-4-11)12-5-6-13-9-17-10-14(13)8-12/h5-6,8,11,15-16H,2-4,7,9-10H2,1H3. The molecule has 1 heterocycles. The van der Waals surface area contributed by atoms with Gasteiger partial charge in [0.05, 0.1) is 13.2 Å². The lowest BCUT2D eigenvalue weighted by Crippen LogP contribution is -2.21. The summed E-state index contributed by atoms with van der Waals surface area (Å²) in [5, 5.41) is 3.62. The van der Waals surface area contributed by atoms with Gasteiger partial charge in [-0.05, 0) is 35.6 Å². The first kappa shape index (κ1) is 11.2. The molecule has 0 saturated heterocycles. The smallest absolute Gasteiger partial charge is 0.0725 e. The van der Waals surface area contributed by atoms with Crippen molar-refractivity contribution in [3.05, 3.63) is 34.9 Å². The van der Waals surface area contributed by atoms with Crippen molar-refractivity contribution in [2.75, 3.05) is 6.54 Å². The molecular weight excluding hydrogens is 210 g/mol. The fourth-order valence-corrected chi connectivity index (χ4v) is 2.68. The second-order valence-electron chi connectivity index (χ2n) is 5.31. The molecule has 1 N–H and O–H groups in total. The highest BCUT2D eigenvalue weighted by atomic mass is 16.5. The number of benzene rings is 1. The lowest BCUT2D eigenvalue weighted by Gasteiger charge is -2.19. The number of hydrogen-bond acceptors (Lipinski definition) is 2. The van der Waals surface area contributed by atoms with E-state index in [4.69, 9.17) is 4.74 Å². The fourth-order valence-electron chi connectivity index (χ4n) is 2.68. The monoisotopic (exact) mass is 231 g/mol. The summed E-state index contributed by atoms with van der Waals surface area (Å²) in [6.45, 7) is 4.83. The average molecular weight is 231 g/mol. The van der Waals surface area contributed by atoms with Crippen LogP contribution in [0.15, 0.2) is 18.2 Å². The van der Waals surface area contributed by atoms with Crippen LogP contribution in [0.2, 0.25) is 0 Å². The van der Waals surface area contributed by atoms with E-state index in [2.05, 4.69) is 30.4 Å². The summed E-state index contributed by atoms with van der Waals surface area (Å²) in [5.74, 6) is 0.962. The maximum absolute atomic E-state index is 5.48. The van der Waals surface area contributed by atoms with Crippen LogP contribution < -0.4 is 5.32 Å². The third-order valence-corrected chi connectivity index (χ3v) is 3.86. The molecule has 92 valence electrons. The second-order valence-corrected chi connectivity index (χ2v) is 5.31. The zero-order chi connectivity index (χ0) is 11.7. The van der Waals surface area contributed by atoms with Crippen LogP contribution >= 0.6 is 0 Å². The Kier molecular flexibility index (Phi) is 3.17. The summed E-state index contributed by atoms with van der Waals surface area (Å²) in [6.07, 6.45) is 4.15. The fraction of sp³-hybridized carbons (Fsp3) is 0.600. The van der Waals surface area contributed by atoms with Crippen LogP contribution in [0.1, 0.15) is 48.9 Å². The molecule has 0 spiro atoms. The molecule has 0 amide bonds. The Morgan fingerprint density at radius 1 is 1.29 bits per heavy atom. The highest BCUT2D eigenvalue weighted by Gasteiger charge is 2.26. The predicted octanol–water partition coefficient (Wildman–Crippen LogP) is 3.17. The third-order valence-electron chi connectivity index (χ3n) is 3.86. The van der Waals surface area contributed by atoms with E-state index in [1.54, 1.807) is 0 Å². The van der Waals surface area contributed by atoms with Crippen LogP contribution in [0.5, 0.6) is 0 Å².